The van der Waals surface area contributed by atoms with Crippen molar-refractivity contribution in [3.05, 3.63) is 60.2 Å². The number of ether oxygens (including phenoxy) is 3. The number of benzene rings is 2. The van der Waals surface area contributed by atoms with Crippen LogP contribution in [0, 0.1) is 0 Å². The topological polar surface area (TPSA) is 44.8 Å². The summed E-state index contributed by atoms with van der Waals surface area (Å²) in [5, 5.41) is 0. The molecule has 1 aliphatic carbocycles. The summed E-state index contributed by atoms with van der Waals surface area (Å²) in [5.41, 5.74) is 1.22. The van der Waals surface area contributed by atoms with Crippen LogP contribution >= 0.6 is 0 Å². The Hall–Kier alpha value is -2.75. The smallest absolute Gasteiger partial charge is 0.344 e. The number of hydrogen-bond donors (Lipinski definition) is 0. The van der Waals surface area contributed by atoms with Crippen LogP contribution < -0.4 is 14.2 Å². The Bertz CT molecular complexity index is 760. The molecule has 2 aromatic rings. The maximum absolute atomic E-state index is 12.5. The highest BCUT2D eigenvalue weighted by atomic mass is 16.5. The van der Waals surface area contributed by atoms with Crippen LogP contribution in [0.2, 0.25) is 0 Å². The maximum Gasteiger partial charge on any atom is 0.344 e. The largest absolute Gasteiger partial charge is 0.493 e. The van der Waals surface area contributed by atoms with Gasteiger partial charge in [0.2, 0.25) is 0 Å². The van der Waals surface area contributed by atoms with Crippen LogP contribution in [0.4, 0.5) is 0 Å². The molecule has 0 radical (unpaired) electrons. The van der Waals surface area contributed by atoms with Crippen LogP contribution in [-0.4, -0.2) is 19.2 Å². The minimum Gasteiger partial charge on any atom is -0.493 e. The van der Waals surface area contributed by atoms with Crippen molar-refractivity contribution < 1.29 is 19.0 Å². The van der Waals surface area contributed by atoms with Crippen LogP contribution in [0.3, 0.4) is 0 Å². The SMILES string of the molecule is C=Cc1ccccc1C(=O)Oc1ccc(OC)c(OC2CCCC2)c1. The summed E-state index contributed by atoms with van der Waals surface area (Å²) < 4.78 is 16.9. The van der Waals surface area contributed by atoms with Gasteiger partial charge in [-0.25, -0.2) is 4.79 Å². The summed E-state index contributed by atoms with van der Waals surface area (Å²) in [7, 11) is 1.60. The molecule has 1 fully saturated rings. The van der Waals surface area contributed by atoms with E-state index in [1.165, 1.54) is 12.8 Å². The molecule has 0 spiro atoms. The van der Waals surface area contributed by atoms with Crippen LogP contribution in [0.25, 0.3) is 6.08 Å². The minimum atomic E-state index is -0.424. The van der Waals surface area contributed by atoms with E-state index in [1.54, 1.807) is 43.5 Å². The zero-order valence-electron chi connectivity index (χ0n) is 14.4. The lowest BCUT2D eigenvalue weighted by atomic mass is 10.1. The number of carbonyl (C=O) groups is 1. The normalized spacial score (nSPS) is 14.1. The zero-order chi connectivity index (χ0) is 17.6. The molecule has 0 atom stereocenters. The van der Waals surface area contributed by atoms with E-state index in [1.807, 2.05) is 12.1 Å². The molecule has 4 nitrogen and oxygen atoms in total. The molecule has 0 aliphatic heterocycles. The fourth-order valence-corrected chi connectivity index (χ4v) is 3.02. The van der Waals surface area contributed by atoms with Crippen molar-refractivity contribution in [3.8, 4) is 17.2 Å². The molecule has 0 amide bonds. The Morgan fingerprint density at radius 3 is 2.60 bits per heavy atom. The Morgan fingerprint density at radius 1 is 1.12 bits per heavy atom. The van der Waals surface area contributed by atoms with Gasteiger partial charge in [-0.15, -0.1) is 0 Å². The first-order chi connectivity index (χ1) is 12.2. The Balaban J connectivity index is 1.79. The van der Waals surface area contributed by atoms with E-state index < -0.39 is 5.97 Å². The lowest BCUT2D eigenvalue weighted by Gasteiger charge is -2.17. The Morgan fingerprint density at radius 2 is 1.88 bits per heavy atom. The van der Waals surface area contributed by atoms with Crippen molar-refractivity contribution in [3.63, 3.8) is 0 Å². The molecule has 4 heteroatoms. The number of esters is 1. The first-order valence-corrected chi connectivity index (χ1v) is 8.49. The monoisotopic (exact) mass is 338 g/mol. The first-order valence-electron chi connectivity index (χ1n) is 8.49. The predicted octanol–water partition coefficient (Wildman–Crippen LogP) is 4.88. The van der Waals surface area contributed by atoms with Crippen LogP contribution in [0.5, 0.6) is 17.2 Å². The van der Waals surface area contributed by atoms with Gasteiger partial charge in [0.15, 0.2) is 11.5 Å². The van der Waals surface area contributed by atoms with Crippen molar-refractivity contribution in [1.82, 2.24) is 0 Å². The molecule has 0 aromatic heterocycles. The molecule has 1 saturated carbocycles. The van der Waals surface area contributed by atoms with Gasteiger partial charge in [-0.3, -0.25) is 0 Å². The van der Waals surface area contributed by atoms with Gasteiger partial charge in [-0.05, 0) is 49.4 Å². The molecule has 2 aromatic carbocycles. The van der Waals surface area contributed by atoms with Crippen LogP contribution in [0.15, 0.2) is 49.0 Å². The molecule has 0 N–H and O–H groups in total. The lowest BCUT2D eigenvalue weighted by molar-refractivity contribution is 0.0733. The average Bonchev–Trinajstić information content (AvgIpc) is 3.15. The third-order valence-corrected chi connectivity index (χ3v) is 4.34. The van der Waals surface area contributed by atoms with Gasteiger partial charge in [0.05, 0.1) is 18.8 Å². The number of hydrogen-bond acceptors (Lipinski definition) is 4. The lowest BCUT2D eigenvalue weighted by Crippen LogP contribution is -2.13. The van der Waals surface area contributed by atoms with E-state index in [4.69, 9.17) is 14.2 Å². The first kappa shape index (κ1) is 17.1. The molecule has 0 unspecified atom stereocenters. The molecule has 130 valence electrons. The summed E-state index contributed by atoms with van der Waals surface area (Å²) >= 11 is 0. The summed E-state index contributed by atoms with van der Waals surface area (Å²) in [6, 6.07) is 12.4. The predicted molar refractivity (Wildman–Crippen MR) is 97.4 cm³/mol. The average molecular weight is 338 g/mol. The summed E-state index contributed by atoms with van der Waals surface area (Å²) in [6.07, 6.45) is 6.28. The second-order valence-electron chi connectivity index (χ2n) is 6.02. The highest BCUT2D eigenvalue weighted by molar-refractivity contribution is 5.94. The fourth-order valence-electron chi connectivity index (χ4n) is 3.02. The molecule has 1 aliphatic rings. The summed E-state index contributed by atoms with van der Waals surface area (Å²) in [6.45, 7) is 3.73. The Kier molecular flexibility index (Phi) is 5.39. The van der Waals surface area contributed by atoms with Crippen LogP contribution in [0.1, 0.15) is 41.6 Å². The van der Waals surface area contributed by atoms with E-state index >= 15 is 0 Å². The van der Waals surface area contributed by atoms with Crippen molar-refractivity contribution >= 4 is 12.0 Å². The Labute approximate surface area is 148 Å². The van der Waals surface area contributed by atoms with Gasteiger partial charge in [-0.1, -0.05) is 30.9 Å². The van der Waals surface area contributed by atoms with Gasteiger partial charge in [0, 0.05) is 6.07 Å². The molecule has 0 saturated heterocycles. The van der Waals surface area contributed by atoms with Crippen molar-refractivity contribution in [1.29, 1.82) is 0 Å². The van der Waals surface area contributed by atoms with Crippen LogP contribution in [-0.2, 0) is 0 Å². The third kappa shape index (κ3) is 4.02. The minimum absolute atomic E-state index is 0.196. The number of rotatable bonds is 6. The van der Waals surface area contributed by atoms with E-state index in [-0.39, 0.29) is 6.10 Å². The third-order valence-electron chi connectivity index (χ3n) is 4.34. The highest BCUT2D eigenvalue weighted by Crippen LogP contribution is 2.35. The molecular weight excluding hydrogens is 316 g/mol. The van der Waals surface area contributed by atoms with Crippen molar-refractivity contribution in [2.75, 3.05) is 7.11 Å². The quantitative estimate of drug-likeness (QED) is 0.556. The van der Waals surface area contributed by atoms with Gasteiger partial charge < -0.3 is 14.2 Å². The van der Waals surface area contributed by atoms with E-state index in [2.05, 4.69) is 6.58 Å². The molecule has 0 bridgehead atoms. The maximum atomic E-state index is 12.5. The standard InChI is InChI=1S/C21H22O4/c1-3-15-8-4-7-11-18(15)21(22)25-17-12-13-19(23-2)20(14-17)24-16-9-5-6-10-16/h3-4,7-8,11-14,16H,1,5-6,9-10H2,2H3. The number of methoxy groups -OCH3 is 1. The fraction of sp³-hybridized carbons (Fsp3) is 0.286. The molecule has 0 heterocycles. The van der Waals surface area contributed by atoms with Crippen molar-refractivity contribution in [2.24, 2.45) is 0 Å². The molecule has 3 rings (SSSR count). The zero-order valence-corrected chi connectivity index (χ0v) is 14.4. The van der Waals surface area contributed by atoms with E-state index in [9.17, 15) is 4.79 Å². The summed E-state index contributed by atoms with van der Waals surface area (Å²) in [5.74, 6) is 1.25. The summed E-state index contributed by atoms with van der Waals surface area (Å²) in [4.78, 5) is 12.5. The van der Waals surface area contributed by atoms with Gasteiger partial charge >= 0.3 is 5.97 Å². The van der Waals surface area contributed by atoms with Gasteiger partial charge in [-0.2, -0.15) is 0 Å². The molecule has 25 heavy (non-hydrogen) atoms. The van der Waals surface area contributed by atoms with Crippen molar-refractivity contribution in [2.45, 2.75) is 31.8 Å². The highest BCUT2D eigenvalue weighted by Gasteiger charge is 2.19. The number of carbonyl (C=O) groups excluding carboxylic acids is 1. The second kappa shape index (κ2) is 7.88. The molecular formula is C21H22O4. The van der Waals surface area contributed by atoms with Gasteiger partial charge in [0.1, 0.15) is 5.75 Å². The van der Waals surface area contributed by atoms with E-state index in [0.29, 0.717) is 22.8 Å². The second-order valence-corrected chi connectivity index (χ2v) is 6.02. The van der Waals surface area contributed by atoms with E-state index in [0.717, 1.165) is 18.4 Å². The van der Waals surface area contributed by atoms with Gasteiger partial charge in [0.25, 0.3) is 0 Å².